The van der Waals surface area contributed by atoms with Crippen molar-refractivity contribution in [3.63, 3.8) is 0 Å². The predicted octanol–water partition coefficient (Wildman–Crippen LogP) is 0.113. The number of carbonyl (C=O) groups excluding carboxylic acids is 1. The molecule has 0 saturated carbocycles. The summed E-state index contributed by atoms with van der Waals surface area (Å²) in [4.78, 5) is 11.2. The number of ether oxygens (including phenoxy) is 1. The molecule has 7 heteroatoms. The molecule has 0 aliphatic carbocycles. The normalized spacial score (nSPS) is 20.5. The number of hydrogen-bond acceptors (Lipinski definition) is 5. The Balaban J connectivity index is 2.73. The molecule has 0 aromatic rings. The molecule has 1 rings (SSSR count). The van der Waals surface area contributed by atoms with Crippen LogP contribution in [-0.2, 0) is 19.6 Å². The fraction of sp³-hybridized carbons (Fsp3) is 0.800. The standard InChI is InChI=1S/C10H16N2O4S/c1-8(10(13)16-2)17(14,15)12-5-3-9(7-11)4-6-12/h8-9H,3-6H2,1-2H3. The third-order valence-electron chi connectivity index (χ3n) is 2.98. The monoisotopic (exact) mass is 260 g/mol. The summed E-state index contributed by atoms with van der Waals surface area (Å²) >= 11 is 0. The fourth-order valence-corrected chi connectivity index (χ4v) is 3.26. The Morgan fingerprint density at radius 1 is 1.47 bits per heavy atom. The Labute approximate surface area is 101 Å². The second kappa shape index (κ2) is 5.47. The van der Waals surface area contributed by atoms with Gasteiger partial charge in [-0.3, -0.25) is 4.79 Å². The quantitative estimate of drug-likeness (QED) is 0.672. The van der Waals surface area contributed by atoms with E-state index in [9.17, 15) is 13.2 Å². The number of hydrogen-bond donors (Lipinski definition) is 0. The molecule has 1 aliphatic rings. The highest BCUT2D eigenvalue weighted by molar-refractivity contribution is 7.90. The van der Waals surface area contributed by atoms with Gasteiger partial charge >= 0.3 is 5.97 Å². The van der Waals surface area contributed by atoms with E-state index in [1.807, 2.05) is 0 Å². The lowest BCUT2D eigenvalue weighted by Gasteiger charge is -2.29. The van der Waals surface area contributed by atoms with Crippen LogP contribution in [0.1, 0.15) is 19.8 Å². The van der Waals surface area contributed by atoms with Gasteiger partial charge in [0.2, 0.25) is 10.0 Å². The maximum atomic E-state index is 12.0. The largest absolute Gasteiger partial charge is 0.468 e. The molecule has 1 heterocycles. The van der Waals surface area contributed by atoms with Crippen molar-refractivity contribution in [2.75, 3.05) is 20.2 Å². The molecule has 0 amide bonds. The van der Waals surface area contributed by atoms with E-state index in [2.05, 4.69) is 10.8 Å². The first kappa shape index (κ1) is 13.9. The highest BCUT2D eigenvalue weighted by Crippen LogP contribution is 2.21. The highest BCUT2D eigenvalue weighted by Gasteiger charge is 2.36. The van der Waals surface area contributed by atoms with Crippen molar-refractivity contribution < 1.29 is 17.9 Å². The van der Waals surface area contributed by atoms with Gasteiger partial charge < -0.3 is 4.74 Å². The number of nitrogens with zero attached hydrogens (tertiary/aromatic N) is 2. The topological polar surface area (TPSA) is 87.5 Å². The van der Waals surface area contributed by atoms with Gasteiger partial charge in [0.25, 0.3) is 0 Å². The van der Waals surface area contributed by atoms with E-state index >= 15 is 0 Å². The maximum absolute atomic E-state index is 12.0. The Kier molecular flexibility index (Phi) is 4.48. The summed E-state index contributed by atoms with van der Waals surface area (Å²) in [6.07, 6.45) is 1.03. The van der Waals surface area contributed by atoms with Gasteiger partial charge in [0.05, 0.1) is 13.2 Å². The zero-order chi connectivity index (χ0) is 13.1. The molecule has 0 bridgehead atoms. The summed E-state index contributed by atoms with van der Waals surface area (Å²) in [7, 11) is -2.49. The molecule has 1 fully saturated rings. The van der Waals surface area contributed by atoms with E-state index in [1.54, 1.807) is 0 Å². The van der Waals surface area contributed by atoms with E-state index in [0.29, 0.717) is 25.9 Å². The lowest BCUT2D eigenvalue weighted by Crippen LogP contribution is -2.45. The van der Waals surface area contributed by atoms with Crippen molar-refractivity contribution in [1.82, 2.24) is 4.31 Å². The number of carbonyl (C=O) groups is 1. The lowest BCUT2D eigenvalue weighted by atomic mass is 10.0. The van der Waals surface area contributed by atoms with Gasteiger partial charge in [-0.25, -0.2) is 12.7 Å². The molecule has 0 aromatic heterocycles. The van der Waals surface area contributed by atoms with Crippen molar-refractivity contribution in [3.8, 4) is 6.07 Å². The average Bonchev–Trinajstić information content (AvgIpc) is 2.36. The van der Waals surface area contributed by atoms with E-state index in [0.717, 1.165) is 7.11 Å². The predicted molar refractivity (Wildman–Crippen MR) is 60.3 cm³/mol. The Bertz CT molecular complexity index is 418. The summed E-state index contributed by atoms with van der Waals surface area (Å²) in [5, 5.41) is 7.53. The molecular formula is C10H16N2O4S. The van der Waals surface area contributed by atoms with Crippen LogP contribution in [0.3, 0.4) is 0 Å². The molecule has 1 atom stereocenters. The number of esters is 1. The van der Waals surface area contributed by atoms with Gasteiger partial charge in [-0.15, -0.1) is 0 Å². The molecule has 1 unspecified atom stereocenters. The third-order valence-corrected chi connectivity index (χ3v) is 5.15. The minimum absolute atomic E-state index is 0.0881. The third kappa shape index (κ3) is 2.96. The van der Waals surface area contributed by atoms with Crippen molar-refractivity contribution in [1.29, 1.82) is 5.26 Å². The van der Waals surface area contributed by atoms with Crippen molar-refractivity contribution in [2.24, 2.45) is 5.92 Å². The number of sulfonamides is 1. The van der Waals surface area contributed by atoms with Crippen LogP contribution in [0.5, 0.6) is 0 Å². The molecule has 17 heavy (non-hydrogen) atoms. The van der Waals surface area contributed by atoms with E-state index in [1.165, 1.54) is 11.2 Å². The Hall–Kier alpha value is -1.13. The molecule has 0 aromatic carbocycles. The first-order chi connectivity index (χ1) is 7.93. The zero-order valence-electron chi connectivity index (χ0n) is 9.92. The molecule has 1 aliphatic heterocycles. The van der Waals surface area contributed by atoms with Crippen molar-refractivity contribution in [3.05, 3.63) is 0 Å². The maximum Gasteiger partial charge on any atom is 0.325 e. The summed E-state index contributed by atoms with van der Waals surface area (Å²) in [6.45, 7) is 1.90. The van der Waals surface area contributed by atoms with Crippen molar-refractivity contribution >= 4 is 16.0 Å². The summed E-state index contributed by atoms with van der Waals surface area (Å²) in [6, 6.07) is 2.13. The van der Waals surface area contributed by atoms with Gasteiger partial charge in [0.15, 0.2) is 5.25 Å². The van der Waals surface area contributed by atoms with Crippen LogP contribution >= 0.6 is 0 Å². The molecule has 0 radical (unpaired) electrons. The van der Waals surface area contributed by atoms with E-state index < -0.39 is 21.2 Å². The Morgan fingerprint density at radius 3 is 2.41 bits per heavy atom. The Morgan fingerprint density at radius 2 is 2.00 bits per heavy atom. The second-order valence-corrected chi connectivity index (χ2v) is 6.27. The fourth-order valence-electron chi connectivity index (χ4n) is 1.75. The van der Waals surface area contributed by atoms with Gasteiger partial charge in [0.1, 0.15) is 0 Å². The summed E-state index contributed by atoms with van der Waals surface area (Å²) < 4.78 is 29.7. The van der Waals surface area contributed by atoms with Gasteiger partial charge in [-0.2, -0.15) is 5.26 Å². The van der Waals surface area contributed by atoms with Crippen molar-refractivity contribution in [2.45, 2.75) is 25.0 Å². The van der Waals surface area contributed by atoms with E-state index in [-0.39, 0.29) is 5.92 Å². The molecule has 0 spiro atoms. The zero-order valence-corrected chi connectivity index (χ0v) is 10.7. The van der Waals surface area contributed by atoms with Crippen LogP contribution in [0.4, 0.5) is 0 Å². The van der Waals surface area contributed by atoms with Gasteiger partial charge in [-0.05, 0) is 19.8 Å². The molecule has 6 nitrogen and oxygen atoms in total. The number of rotatable bonds is 3. The van der Waals surface area contributed by atoms with Crippen LogP contribution in [0, 0.1) is 17.2 Å². The molecule has 96 valence electrons. The van der Waals surface area contributed by atoms with Gasteiger partial charge in [0, 0.05) is 19.0 Å². The SMILES string of the molecule is COC(=O)C(C)S(=O)(=O)N1CCC(C#N)CC1. The molecule has 1 saturated heterocycles. The summed E-state index contributed by atoms with van der Waals surface area (Å²) in [5.41, 5.74) is 0. The number of piperidine rings is 1. The lowest BCUT2D eigenvalue weighted by molar-refractivity contribution is -0.139. The molecular weight excluding hydrogens is 244 g/mol. The first-order valence-electron chi connectivity index (χ1n) is 5.40. The van der Waals surface area contributed by atoms with Crippen LogP contribution in [0.2, 0.25) is 0 Å². The summed E-state index contributed by atoms with van der Waals surface area (Å²) in [5.74, 6) is -0.845. The minimum Gasteiger partial charge on any atom is -0.468 e. The van der Waals surface area contributed by atoms with E-state index in [4.69, 9.17) is 5.26 Å². The van der Waals surface area contributed by atoms with Gasteiger partial charge in [-0.1, -0.05) is 0 Å². The van der Waals surface area contributed by atoms with Crippen LogP contribution in [0.15, 0.2) is 0 Å². The number of nitriles is 1. The second-order valence-electron chi connectivity index (χ2n) is 4.01. The van der Waals surface area contributed by atoms with Crippen LogP contribution in [-0.4, -0.2) is 44.1 Å². The van der Waals surface area contributed by atoms with Crippen LogP contribution in [0.25, 0.3) is 0 Å². The smallest absolute Gasteiger partial charge is 0.325 e. The minimum atomic E-state index is -3.66. The number of methoxy groups -OCH3 is 1. The highest BCUT2D eigenvalue weighted by atomic mass is 32.2. The first-order valence-corrected chi connectivity index (χ1v) is 6.90. The average molecular weight is 260 g/mol. The molecule has 0 N–H and O–H groups in total. The van der Waals surface area contributed by atoms with Crippen LogP contribution < -0.4 is 0 Å².